The summed E-state index contributed by atoms with van der Waals surface area (Å²) in [6, 6.07) is 0. The van der Waals surface area contributed by atoms with E-state index in [4.69, 9.17) is 4.43 Å². The molecule has 0 fully saturated rings. The lowest BCUT2D eigenvalue weighted by Crippen LogP contribution is -2.25. The Morgan fingerprint density at radius 2 is 0.818 bits per heavy atom. The first kappa shape index (κ1) is 22.2. The lowest BCUT2D eigenvalue weighted by atomic mass is 10.0. The number of unbranched alkanes of at least 4 members (excludes halogenated alkanes) is 14. The highest BCUT2D eigenvalue weighted by molar-refractivity contribution is 6.69. The summed E-state index contributed by atoms with van der Waals surface area (Å²) in [5.41, 5.74) is 0. The van der Waals surface area contributed by atoms with Crippen molar-refractivity contribution in [2.24, 2.45) is 0 Å². The molecule has 0 saturated carbocycles. The third kappa shape index (κ3) is 20.2. The lowest BCUT2D eigenvalue weighted by molar-refractivity contribution is 0.298. The van der Waals surface area contributed by atoms with Gasteiger partial charge in [-0.25, -0.2) is 0 Å². The number of rotatable bonds is 17. The molecule has 134 valence electrons. The van der Waals surface area contributed by atoms with Crippen LogP contribution in [-0.2, 0) is 4.43 Å². The van der Waals surface area contributed by atoms with Crippen LogP contribution in [0.2, 0.25) is 19.6 Å². The van der Waals surface area contributed by atoms with E-state index in [0.29, 0.717) is 0 Å². The van der Waals surface area contributed by atoms with Crippen molar-refractivity contribution in [3.63, 3.8) is 0 Å². The van der Waals surface area contributed by atoms with Crippen LogP contribution in [0.1, 0.15) is 103 Å². The van der Waals surface area contributed by atoms with Gasteiger partial charge in [-0.05, 0) is 26.1 Å². The molecule has 0 amide bonds. The molecule has 0 rings (SSSR count). The van der Waals surface area contributed by atoms with Gasteiger partial charge in [0.05, 0.1) is 0 Å². The molecule has 0 unspecified atom stereocenters. The van der Waals surface area contributed by atoms with Gasteiger partial charge < -0.3 is 4.43 Å². The third-order valence-electron chi connectivity index (χ3n) is 4.28. The van der Waals surface area contributed by atoms with Crippen molar-refractivity contribution in [3.05, 3.63) is 0 Å². The molecule has 0 atom stereocenters. The normalized spacial score (nSPS) is 12.0. The summed E-state index contributed by atoms with van der Waals surface area (Å²) in [7, 11) is -1.26. The van der Waals surface area contributed by atoms with Gasteiger partial charge in [-0.3, -0.25) is 0 Å². The third-order valence-corrected chi connectivity index (χ3v) is 5.35. The van der Waals surface area contributed by atoms with E-state index in [1.807, 2.05) is 0 Å². The first-order valence-electron chi connectivity index (χ1n) is 10.2. The average Bonchev–Trinajstić information content (AvgIpc) is 2.45. The molecule has 0 aliphatic carbocycles. The highest BCUT2D eigenvalue weighted by atomic mass is 28.4. The van der Waals surface area contributed by atoms with Crippen molar-refractivity contribution >= 4 is 8.32 Å². The highest BCUT2D eigenvalue weighted by Crippen LogP contribution is 2.13. The molecule has 0 aromatic heterocycles. The maximum atomic E-state index is 5.88. The van der Waals surface area contributed by atoms with E-state index in [9.17, 15) is 0 Å². The zero-order chi connectivity index (χ0) is 16.5. The van der Waals surface area contributed by atoms with Crippen LogP contribution in [0.15, 0.2) is 0 Å². The smallest absolute Gasteiger partial charge is 0.183 e. The molecule has 22 heavy (non-hydrogen) atoms. The predicted molar refractivity (Wildman–Crippen MR) is 104 cm³/mol. The lowest BCUT2D eigenvalue weighted by Gasteiger charge is -2.16. The largest absolute Gasteiger partial charge is 0.418 e. The summed E-state index contributed by atoms with van der Waals surface area (Å²) >= 11 is 0. The zero-order valence-electron chi connectivity index (χ0n) is 16.2. The summed E-state index contributed by atoms with van der Waals surface area (Å²) in [5, 5.41) is 0. The first-order chi connectivity index (χ1) is 10.6. The molecule has 0 aliphatic rings. The van der Waals surface area contributed by atoms with E-state index in [1.165, 1.54) is 96.3 Å². The summed E-state index contributed by atoms with van der Waals surface area (Å²) < 4.78 is 5.88. The molecular formula is C20H44OSi. The van der Waals surface area contributed by atoms with E-state index in [0.717, 1.165) is 6.61 Å². The second-order valence-corrected chi connectivity index (χ2v) is 12.4. The Bertz CT molecular complexity index is 210. The number of hydrogen-bond donors (Lipinski definition) is 0. The van der Waals surface area contributed by atoms with Crippen LogP contribution in [-0.4, -0.2) is 14.9 Å². The van der Waals surface area contributed by atoms with Crippen molar-refractivity contribution in [2.75, 3.05) is 6.61 Å². The van der Waals surface area contributed by atoms with Crippen LogP contribution in [0, 0.1) is 0 Å². The van der Waals surface area contributed by atoms with E-state index in [-0.39, 0.29) is 0 Å². The Morgan fingerprint density at radius 3 is 1.14 bits per heavy atom. The second kappa shape index (κ2) is 16.0. The molecule has 0 aromatic carbocycles. The SMILES string of the molecule is CCCCCCCCCCCCCCCCCO[Si](C)(C)C. The molecular weight excluding hydrogens is 284 g/mol. The van der Waals surface area contributed by atoms with Gasteiger partial charge in [-0.2, -0.15) is 0 Å². The molecule has 0 heterocycles. The van der Waals surface area contributed by atoms with Gasteiger partial charge in [0.25, 0.3) is 0 Å². The van der Waals surface area contributed by atoms with Crippen LogP contribution in [0.4, 0.5) is 0 Å². The van der Waals surface area contributed by atoms with E-state index in [1.54, 1.807) is 0 Å². The standard InChI is InChI=1S/C20H44OSi/c1-5-6-7-8-9-10-11-12-13-14-15-16-17-18-19-20-21-22(2,3)4/h5-20H2,1-4H3. The molecule has 0 spiro atoms. The minimum atomic E-state index is -1.26. The molecule has 0 aliphatic heterocycles. The van der Waals surface area contributed by atoms with E-state index < -0.39 is 8.32 Å². The van der Waals surface area contributed by atoms with Crippen molar-refractivity contribution in [1.29, 1.82) is 0 Å². The molecule has 0 aromatic rings. The van der Waals surface area contributed by atoms with Gasteiger partial charge in [0.1, 0.15) is 0 Å². The van der Waals surface area contributed by atoms with E-state index >= 15 is 0 Å². The van der Waals surface area contributed by atoms with Crippen molar-refractivity contribution < 1.29 is 4.43 Å². The van der Waals surface area contributed by atoms with Crippen LogP contribution in [0.3, 0.4) is 0 Å². The summed E-state index contributed by atoms with van der Waals surface area (Å²) in [5.74, 6) is 0. The van der Waals surface area contributed by atoms with Crippen LogP contribution in [0.5, 0.6) is 0 Å². The predicted octanol–water partition coefficient (Wildman–Crippen LogP) is 7.71. The average molecular weight is 329 g/mol. The van der Waals surface area contributed by atoms with Gasteiger partial charge in [-0.15, -0.1) is 0 Å². The fraction of sp³-hybridized carbons (Fsp3) is 1.00. The topological polar surface area (TPSA) is 9.23 Å². The number of hydrogen-bond acceptors (Lipinski definition) is 1. The first-order valence-corrected chi connectivity index (χ1v) is 13.6. The van der Waals surface area contributed by atoms with Crippen molar-refractivity contribution in [2.45, 2.75) is 123 Å². The Labute approximate surface area is 142 Å². The molecule has 0 bridgehead atoms. The minimum absolute atomic E-state index is 0.994. The Hall–Kier alpha value is 0.177. The van der Waals surface area contributed by atoms with Gasteiger partial charge in [0.15, 0.2) is 8.32 Å². The molecule has 0 radical (unpaired) electrons. The van der Waals surface area contributed by atoms with Crippen LogP contribution < -0.4 is 0 Å². The summed E-state index contributed by atoms with van der Waals surface area (Å²) in [4.78, 5) is 0. The zero-order valence-corrected chi connectivity index (χ0v) is 17.2. The van der Waals surface area contributed by atoms with Crippen LogP contribution in [0.25, 0.3) is 0 Å². The minimum Gasteiger partial charge on any atom is -0.418 e. The summed E-state index contributed by atoms with van der Waals surface area (Å²) in [6.07, 6.45) is 21.5. The Morgan fingerprint density at radius 1 is 0.500 bits per heavy atom. The fourth-order valence-electron chi connectivity index (χ4n) is 2.85. The monoisotopic (exact) mass is 328 g/mol. The summed E-state index contributed by atoms with van der Waals surface area (Å²) in [6.45, 7) is 10.1. The maximum Gasteiger partial charge on any atom is 0.183 e. The second-order valence-electron chi connectivity index (χ2n) is 7.91. The van der Waals surface area contributed by atoms with Crippen molar-refractivity contribution in [3.8, 4) is 0 Å². The van der Waals surface area contributed by atoms with Gasteiger partial charge in [0.2, 0.25) is 0 Å². The highest BCUT2D eigenvalue weighted by Gasteiger charge is 2.12. The fourth-order valence-corrected chi connectivity index (χ4v) is 3.61. The van der Waals surface area contributed by atoms with Crippen LogP contribution >= 0.6 is 0 Å². The van der Waals surface area contributed by atoms with Crippen molar-refractivity contribution in [1.82, 2.24) is 0 Å². The Kier molecular flexibility index (Phi) is 16.2. The molecule has 0 N–H and O–H groups in total. The molecule has 1 nitrogen and oxygen atoms in total. The quantitative estimate of drug-likeness (QED) is 0.196. The Balaban J connectivity index is 3.00. The van der Waals surface area contributed by atoms with Gasteiger partial charge >= 0.3 is 0 Å². The molecule has 0 saturated heterocycles. The maximum absolute atomic E-state index is 5.88. The molecule has 2 heteroatoms. The van der Waals surface area contributed by atoms with E-state index in [2.05, 4.69) is 26.6 Å². The van der Waals surface area contributed by atoms with Gasteiger partial charge in [0, 0.05) is 6.61 Å². The van der Waals surface area contributed by atoms with Gasteiger partial charge in [-0.1, -0.05) is 96.8 Å².